The average Bonchev–Trinajstić information content (AvgIpc) is 3.17. The summed E-state index contributed by atoms with van der Waals surface area (Å²) in [5.74, 6) is -0.207. The van der Waals surface area contributed by atoms with E-state index in [1.807, 2.05) is 0 Å². The second-order valence-electron chi connectivity index (χ2n) is 6.38. The van der Waals surface area contributed by atoms with Crippen LogP contribution < -0.4 is 4.74 Å². The summed E-state index contributed by atoms with van der Waals surface area (Å²) in [6, 6.07) is 11.9. The lowest BCUT2D eigenvalue weighted by atomic mass is 10.0. The lowest BCUT2D eigenvalue weighted by molar-refractivity contribution is -0.138. The first-order chi connectivity index (χ1) is 14.1. The van der Waals surface area contributed by atoms with Crippen molar-refractivity contribution < 1.29 is 26.3 Å². The molecule has 4 aromatic rings. The zero-order chi connectivity index (χ0) is 21.5. The Balaban J connectivity index is 1.73. The van der Waals surface area contributed by atoms with Gasteiger partial charge in [0.25, 0.3) is 0 Å². The van der Waals surface area contributed by atoms with Crippen molar-refractivity contribution in [2.75, 3.05) is 6.26 Å². The van der Waals surface area contributed by atoms with Crippen LogP contribution in [0.25, 0.3) is 22.2 Å². The SMILES string of the molecule is CS(=O)(=O)c1nc(-c2cccc3cc(Oc4ncccc4C(F)(F)F)ccc23)n[nH]1. The molecule has 0 saturated heterocycles. The summed E-state index contributed by atoms with van der Waals surface area (Å²) >= 11 is 0. The second kappa shape index (κ2) is 7.10. The summed E-state index contributed by atoms with van der Waals surface area (Å²) < 4.78 is 68.1. The van der Waals surface area contributed by atoms with Crippen LogP contribution in [0.4, 0.5) is 13.2 Å². The largest absolute Gasteiger partial charge is 0.438 e. The van der Waals surface area contributed by atoms with Gasteiger partial charge in [0.2, 0.25) is 20.9 Å². The molecule has 0 aliphatic carbocycles. The maximum absolute atomic E-state index is 13.2. The number of nitrogens with one attached hydrogen (secondary N) is 1. The molecule has 11 heteroatoms. The third kappa shape index (κ3) is 3.83. The van der Waals surface area contributed by atoms with Crippen molar-refractivity contribution in [3.05, 3.63) is 60.3 Å². The van der Waals surface area contributed by atoms with Crippen LogP contribution in [0.3, 0.4) is 0 Å². The molecule has 0 aliphatic heterocycles. The Kier molecular flexibility index (Phi) is 4.69. The van der Waals surface area contributed by atoms with E-state index in [0.29, 0.717) is 16.3 Å². The van der Waals surface area contributed by atoms with Crippen LogP contribution in [0.15, 0.2) is 59.9 Å². The zero-order valence-corrected chi connectivity index (χ0v) is 16.1. The van der Waals surface area contributed by atoms with E-state index in [1.54, 1.807) is 30.3 Å². The smallest absolute Gasteiger partial charge is 0.421 e. The Morgan fingerprint density at radius 2 is 1.87 bits per heavy atom. The number of hydrogen-bond acceptors (Lipinski definition) is 6. The van der Waals surface area contributed by atoms with E-state index in [9.17, 15) is 21.6 Å². The van der Waals surface area contributed by atoms with Gasteiger partial charge in [0.05, 0.1) is 0 Å². The van der Waals surface area contributed by atoms with Gasteiger partial charge in [-0.15, -0.1) is 0 Å². The molecule has 2 aromatic heterocycles. The molecule has 154 valence electrons. The van der Waals surface area contributed by atoms with Gasteiger partial charge in [0.1, 0.15) is 11.3 Å². The number of aromatic nitrogens is 4. The quantitative estimate of drug-likeness (QED) is 0.516. The topological polar surface area (TPSA) is 97.8 Å². The minimum atomic E-state index is -4.60. The molecule has 4 rings (SSSR count). The van der Waals surface area contributed by atoms with Gasteiger partial charge in [-0.1, -0.05) is 18.2 Å². The van der Waals surface area contributed by atoms with Gasteiger partial charge in [-0.25, -0.2) is 18.5 Å². The van der Waals surface area contributed by atoms with E-state index >= 15 is 0 Å². The molecular formula is C19H13F3N4O3S. The second-order valence-corrected chi connectivity index (χ2v) is 8.31. The predicted molar refractivity (Wildman–Crippen MR) is 102 cm³/mol. The van der Waals surface area contributed by atoms with Crippen molar-refractivity contribution in [2.45, 2.75) is 11.3 Å². The first kappa shape index (κ1) is 19.8. The summed E-state index contributed by atoms with van der Waals surface area (Å²) in [6.07, 6.45) is -2.38. The molecular weight excluding hydrogens is 421 g/mol. The van der Waals surface area contributed by atoms with E-state index in [4.69, 9.17) is 4.74 Å². The fraction of sp³-hybridized carbons (Fsp3) is 0.105. The molecule has 2 heterocycles. The third-order valence-corrected chi connectivity index (χ3v) is 5.08. The number of alkyl halides is 3. The highest BCUT2D eigenvalue weighted by Gasteiger charge is 2.35. The molecule has 7 nitrogen and oxygen atoms in total. The van der Waals surface area contributed by atoms with Crippen LogP contribution in [-0.4, -0.2) is 34.8 Å². The van der Waals surface area contributed by atoms with Crippen LogP contribution in [0.2, 0.25) is 0 Å². The summed E-state index contributed by atoms with van der Waals surface area (Å²) in [5.41, 5.74) is -0.424. The molecule has 2 aromatic carbocycles. The van der Waals surface area contributed by atoms with Crippen molar-refractivity contribution in [2.24, 2.45) is 0 Å². The van der Waals surface area contributed by atoms with Crippen LogP contribution in [0.1, 0.15) is 5.56 Å². The van der Waals surface area contributed by atoms with Gasteiger partial charge in [-0.05, 0) is 41.1 Å². The number of hydrogen-bond donors (Lipinski definition) is 1. The predicted octanol–water partition coefficient (Wildman–Crippen LogP) is 4.23. The van der Waals surface area contributed by atoms with Crippen molar-refractivity contribution in [1.82, 2.24) is 20.2 Å². The van der Waals surface area contributed by atoms with E-state index in [-0.39, 0.29) is 16.7 Å². The first-order valence-corrected chi connectivity index (χ1v) is 10.4. The molecule has 0 unspecified atom stereocenters. The van der Waals surface area contributed by atoms with Gasteiger partial charge >= 0.3 is 6.18 Å². The lowest BCUT2D eigenvalue weighted by Gasteiger charge is -2.13. The highest BCUT2D eigenvalue weighted by atomic mass is 32.2. The first-order valence-electron chi connectivity index (χ1n) is 8.48. The zero-order valence-electron chi connectivity index (χ0n) is 15.3. The number of fused-ring (bicyclic) bond motifs is 1. The van der Waals surface area contributed by atoms with Gasteiger partial charge < -0.3 is 4.74 Å². The monoisotopic (exact) mass is 434 g/mol. The highest BCUT2D eigenvalue weighted by Crippen LogP contribution is 2.37. The molecule has 0 saturated carbocycles. The molecule has 0 atom stereocenters. The molecule has 0 bridgehead atoms. The Bertz CT molecular complexity index is 1350. The van der Waals surface area contributed by atoms with Crippen LogP contribution in [0.5, 0.6) is 11.6 Å². The van der Waals surface area contributed by atoms with Crippen molar-refractivity contribution >= 4 is 20.6 Å². The van der Waals surface area contributed by atoms with Crippen molar-refractivity contribution in [1.29, 1.82) is 0 Å². The maximum Gasteiger partial charge on any atom is 0.421 e. The number of ether oxygens (including phenoxy) is 1. The van der Waals surface area contributed by atoms with Gasteiger partial charge in [-0.3, -0.25) is 0 Å². The summed E-state index contributed by atoms with van der Waals surface area (Å²) in [5, 5.41) is 7.38. The number of rotatable bonds is 4. The van der Waals surface area contributed by atoms with Crippen molar-refractivity contribution in [3.63, 3.8) is 0 Å². The Morgan fingerprint density at radius 3 is 2.57 bits per heavy atom. The molecule has 0 amide bonds. The van der Waals surface area contributed by atoms with Gasteiger partial charge in [-0.2, -0.15) is 23.3 Å². The van der Waals surface area contributed by atoms with E-state index in [0.717, 1.165) is 12.3 Å². The van der Waals surface area contributed by atoms with E-state index in [1.165, 1.54) is 18.3 Å². The number of nitrogens with zero attached hydrogens (tertiary/aromatic N) is 3. The van der Waals surface area contributed by atoms with Crippen LogP contribution in [0, 0.1) is 0 Å². The normalized spacial score (nSPS) is 12.3. The third-order valence-electron chi connectivity index (χ3n) is 4.20. The van der Waals surface area contributed by atoms with Crippen LogP contribution >= 0.6 is 0 Å². The van der Waals surface area contributed by atoms with Crippen molar-refractivity contribution in [3.8, 4) is 23.0 Å². The Hall–Kier alpha value is -3.47. The van der Waals surface area contributed by atoms with E-state index in [2.05, 4.69) is 20.2 Å². The molecule has 0 spiro atoms. The molecule has 0 aliphatic rings. The summed E-state index contributed by atoms with van der Waals surface area (Å²) in [6.45, 7) is 0. The average molecular weight is 434 g/mol. The minimum absolute atomic E-state index is 0.163. The Labute approximate surface area is 168 Å². The number of benzene rings is 2. The number of pyridine rings is 1. The molecule has 1 N–H and O–H groups in total. The fourth-order valence-corrected chi connectivity index (χ4v) is 3.32. The fourth-order valence-electron chi connectivity index (χ4n) is 2.85. The minimum Gasteiger partial charge on any atom is -0.438 e. The van der Waals surface area contributed by atoms with Gasteiger partial charge in [0, 0.05) is 18.0 Å². The highest BCUT2D eigenvalue weighted by molar-refractivity contribution is 7.90. The maximum atomic E-state index is 13.2. The number of halogens is 3. The summed E-state index contributed by atoms with van der Waals surface area (Å²) in [7, 11) is -3.55. The molecule has 30 heavy (non-hydrogen) atoms. The standard InChI is InChI=1S/C19H13F3N4O3S/c1-30(27,28)18-24-16(25-26-18)14-5-2-4-11-10-12(7-8-13(11)14)29-17-15(19(20,21)22)6-3-9-23-17/h2-10H,1H3,(H,24,25,26). The summed E-state index contributed by atoms with van der Waals surface area (Å²) in [4.78, 5) is 7.70. The molecule has 0 fully saturated rings. The number of sulfone groups is 1. The van der Waals surface area contributed by atoms with Crippen LogP contribution in [-0.2, 0) is 16.0 Å². The molecule has 0 radical (unpaired) electrons. The number of aromatic amines is 1. The lowest BCUT2D eigenvalue weighted by Crippen LogP contribution is -2.08. The van der Waals surface area contributed by atoms with E-state index < -0.39 is 27.5 Å². The Morgan fingerprint density at radius 1 is 1.07 bits per heavy atom. The van der Waals surface area contributed by atoms with Gasteiger partial charge in [0.15, 0.2) is 5.82 Å². The number of H-pyrrole nitrogens is 1.